The second-order valence-corrected chi connectivity index (χ2v) is 7.54. The predicted octanol–water partition coefficient (Wildman–Crippen LogP) is 4.66. The third-order valence-corrected chi connectivity index (χ3v) is 5.44. The molecule has 10 heteroatoms. The van der Waals surface area contributed by atoms with E-state index in [-0.39, 0.29) is 18.1 Å². The molecule has 0 bridgehead atoms. The van der Waals surface area contributed by atoms with E-state index in [1.165, 1.54) is 18.3 Å². The number of rotatable bonds is 9. The van der Waals surface area contributed by atoms with Crippen LogP contribution in [0.3, 0.4) is 0 Å². The number of hydrogen-bond donors (Lipinski definition) is 0. The van der Waals surface area contributed by atoms with Crippen molar-refractivity contribution < 1.29 is 22.7 Å². The van der Waals surface area contributed by atoms with Gasteiger partial charge < -0.3 is 9.30 Å². The molecular weight excluding hydrogens is 417 g/mol. The van der Waals surface area contributed by atoms with E-state index in [0.29, 0.717) is 39.5 Å². The second-order valence-electron chi connectivity index (χ2n) is 6.54. The Morgan fingerprint density at radius 3 is 2.73 bits per heavy atom. The zero-order chi connectivity index (χ0) is 22.5. The molecule has 2 aromatic heterocycles. The van der Waals surface area contributed by atoms with E-state index in [0.717, 1.165) is 0 Å². The van der Waals surface area contributed by atoms with Crippen LogP contribution in [0.25, 0.3) is 10.3 Å². The molecule has 1 unspecified atom stereocenters. The molecule has 0 aliphatic heterocycles. The predicted molar refractivity (Wildman–Crippen MR) is 112 cm³/mol. The van der Waals surface area contributed by atoms with Crippen molar-refractivity contribution in [2.24, 2.45) is 18.1 Å². The summed E-state index contributed by atoms with van der Waals surface area (Å²) in [6, 6.07) is 0. The first-order valence-corrected chi connectivity index (χ1v) is 9.77. The number of alkyl halides is 3. The lowest BCUT2D eigenvalue weighted by atomic mass is 10.1. The van der Waals surface area contributed by atoms with Crippen molar-refractivity contribution in [2.45, 2.75) is 20.0 Å². The minimum atomic E-state index is -4.51. The number of fused-ring (bicyclic) bond motifs is 1. The first-order chi connectivity index (χ1) is 14.1. The Balaban J connectivity index is 2.27. The van der Waals surface area contributed by atoms with E-state index in [9.17, 15) is 18.0 Å². The van der Waals surface area contributed by atoms with Crippen molar-refractivity contribution in [3.05, 3.63) is 52.9 Å². The van der Waals surface area contributed by atoms with Gasteiger partial charge in [-0.1, -0.05) is 25.7 Å². The summed E-state index contributed by atoms with van der Waals surface area (Å²) >= 11 is 0.561. The number of aromatic nitrogens is 2. The highest BCUT2D eigenvalue weighted by atomic mass is 32.1. The van der Waals surface area contributed by atoms with Crippen molar-refractivity contribution in [1.29, 1.82) is 0 Å². The van der Waals surface area contributed by atoms with E-state index in [1.54, 1.807) is 36.8 Å². The van der Waals surface area contributed by atoms with Gasteiger partial charge in [-0.25, -0.2) is 9.99 Å². The SMILES string of the molecule is C=C/C=C\C(=C/C(C)CN(C=O)/N=C\c1c(C)n(C)c2nc(C(F)(F)F)sc12)OC. The Hall–Kier alpha value is -2.88. The summed E-state index contributed by atoms with van der Waals surface area (Å²) in [5, 5.41) is 4.44. The van der Waals surface area contributed by atoms with Crippen LogP contribution in [-0.2, 0) is 22.8 Å². The van der Waals surface area contributed by atoms with Gasteiger partial charge in [-0.05, 0) is 25.0 Å². The van der Waals surface area contributed by atoms with Crippen LogP contribution < -0.4 is 0 Å². The van der Waals surface area contributed by atoms with Crippen molar-refractivity contribution in [2.75, 3.05) is 13.7 Å². The number of hydrazone groups is 1. The Morgan fingerprint density at radius 1 is 1.47 bits per heavy atom. The van der Waals surface area contributed by atoms with Crippen LogP contribution in [0.2, 0.25) is 0 Å². The van der Waals surface area contributed by atoms with Crippen LogP contribution in [0.1, 0.15) is 23.2 Å². The number of nitrogens with zero attached hydrogens (tertiary/aromatic N) is 4. The first-order valence-electron chi connectivity index (χ1n) is 8.96. The van der Waals surface area contributed by atoms with Gasteiger partial charge in [0.2, 0.25) is 11.4 Å². The highest BCUT2D eigenvalue weighted by molar-refractivity contribution is 7.19. The molecule has 6 nitrogen and oxygen atoms in total. The quantitative estimate of drug-likeness (QED) is 0.187. The molecule has 0 aliphatic rings. The van der Waals surface area contributed by atoms with Gasteiger partial charge in [0, 0.05) is 18.3 Å². The number of aryl methyl sites for hydroxylation is 1. The summed E-state index contributed by atoms with van der Waals surface area (Å²) < 4.78 is 46.2. The molecule has 2 heterocycles. The van der Waals surface area contributed by atoms with E-state index in [1.807, 2.05) is 13.0 Å². The lowest BCUT2D eigenvalue weighted by molar-refractivity contribution is -0.137. The van der Waals surface area contributed by atoms with Gasteiger partial charge in [-0.2, -0.15) is 18.3 Å². The summed E-state index contributed by atoms with van der Waals surface area (Å²) in [5.41, 5.74) is 1.44. The van der Waals surface area contributed by atoms with Crippen molar-refractivity contribution in [3.63, 3.8) is 0 Å². The normalized spacial score (nSPS) is 14.0. The fourth-order valence-electron chi connectivity index (χ4n) is 2.72. The zero-order valence-corrected chi connectivity index (χ0v) is 17.9. The second kappa shape index (κ2) is 9.75. The van der Waals surface area contributed by atoms with E-state index in [2.05, 4.69) is 16.7 Å². The largest absolute Gasteiger partial charge is 0.497 e. The molecule has 0 aromatic carbocycles. The van der Waals surface area contributed by atoms with Gasteiger partial charge in [-0.3, -0.25) is 4.79 Å². The molecule has 0 N–H and O–H groups in total. The number of ether oxygens (including phenoxy) is 1. The molecule has 1 amide bonds. The average molecular weight is 440 g/mol. The maximum absolute atomic E-state index is 13.0. The molecule has 2 rings (SSSR count). The fourth-order valence-corrected chi connectivity index (χ4v) is 3.75. The van der Waals surface area contributed by atoms with Gasteiger partial charge in [0.05, 0.1) is 24.6 Å². The van der Waals surface area contributed by atoms with Crippen LogP contribution in [-0.4, -0.2) is 40.8 Å². The Labute approximate surface area is 176 Å². The Morgan fingerprint density at radius 2 is 2.17 bits per heavy atom. The minimum Gasteiger partial charge on any atom is -0.497 e. The molecule has 0 spiro atoms. The minimum absolute atomic E-state index is 0.0890. The number of amides is 1. The number of allylic oxidation sites excluding steroid dienone is 3. The number of carbonyl (C=O) groups excluding carboxylic acids is 1. The summed E-state index contributed by atoms with van der Waals surface area (Å²) in [4.78, 5) is 15.2. The molecule has 2 aromatic rings. The lowest BCUT2D eigenvalue weighted by Crippen LogP contribution is -2.21. The third kappa shape index (κ3) is 5.38. The van der Waals surface area contributed by atoms with Crippen LogP contribution in [0.4, 0.5) is 13.2 Å². The number of carbonyl (C=O) groups is 1. The highest BCUT2D eigenvalue weighted by Crippen LogP contribution is 2.37. The topological polar surface area (TPSA) is 59.7 Å². The number of methoxy groups -OCH3 is 1. The zero-order valence-electron chi connectivity index (χ0n) is 17.1. The van der Waals surface area contributed by atoms with Crippen LogP contribution in [0.5, 0.6) is 0 Å². The third-order valence-electron chi connectivity index (χ3n) is 4.32. The number of halogens is 3. The van der Waals surface area contributed by atoms with Gasteiger partial charge in [0.15, 0.2) is 5.65 Å². The summed E-state index contributed by atoms with van der Waals surface area (Å²) in [6.07, 6.45) is 4.37. The van der Waals surface area contributed by atoms with Gasteiger partial charge in [0.25, 0.3) is 0 Å². The number of hydrogen-bond acceptors (Lipinski definition) is 5. The first kappa shape index (κ1) is 23.4. The van der Waals surface area contributed by atoms with E-state index < -0.39 is 11.2 Å². The molecule has 0 radical (unpaired) electrons. The maximum Gasteiger partial charge on any atom is 0.443 e. The standard InChI is InChI=1S/C20H23F3N4O2S/c1-6-7-8-15(29-5)9-13(2)11-27(12-28)24-10-16-14(3)26(4)18-17(16)30-19(25-18)20(21,22)23/h6-10,12-13H,1,11H2,2-5H3/b8-7-,15-9+,24-10-. The van der Waals surface area contributed by atoms with Crippen molar-refractivity contribution >= 4 is 34.3 Å². The smallest absolute Gasteiger partial charge is 0.443 e. The van der Waals surface area contributed by atoms with Crippen LogP contribution >= 0.6 is 11.3 Å². The molecule has 1 atom stereocenters. The molecule has 0 aliphatic carbocycles. The molecule has 0 fully saturated rings. The van der Waals surface area contributed by atoms with Crippen molar-refractivity contribution in [1.82, 2.24) is 14.6 Å². The van der Waals surface area contributed by atoms with Gasteiger partial charge in [-0.15, -0.1) is 11.3 Å². The Bertz CT molecular complexity index is 1000. The lowest BCUT2D eigenvalue weighted by Gasteiger charge is -2.15. The van der Waals surface area contributed by atoms with E-state index >= 15 is 0 Å². The molecule has 0 saturated heterocycles. The summed E-state index contributed by atoms with van der Waals surface area (Å²) in [5.74, 6) is 0.524. The average Bonchev–Trinajstić information content (AvgIpc) is 3.22. The van der Waals surface area contributed by atoms with Crippen LogP contribution in [0, 0.1) is 12.8 Å². The van der Waals surface area contributed by atoms with Gasteiger partial charge >= 0.3 is 6.18 Å². The summed E-state index contributed by atoms with van der Waals surface area (Å²) in [6.45, 7) is 7.51. The van der Waals surface area contributed by atoms with Gasteiger partial charge in [0.1, 0.15) is 5.76 Å². The fraction of sp³-hybridized carbons (Fsp3) is 0.350. The summed E-state index contributed by atoms with van der Waals surface area (Å²) in [7, 11) is 3.18. The van der Waals surface area contributed by atoms with Crippen LogP contribution in [0.15, 0.2) is 41.7 Å². The van der Waals surface area contributed by atoms with Crippen molar-refractivity contribution in [3.8, 4) is 0 Å². The molecule has 0 saturated carbocycles. The maximum atomic E-state index is 13.0. The number of thiazole rings is 1. The molecule has 162 valence electrons. The van der Waals surface area contributed by atoms with E-state index in [4.69, 9.17) is 4.74 Å². The molecular formula is C20H23F3N4O2S. The monoisotopic (exact) mass is 440 g/mol. The highest BCUT2D eigenvalue weighted by Gasteiger charge is 2.36. The molecule has 30 heavy (non-hydrogen) atoms. The Kier molecular flexibility index (Phi) is 7.60.